The van der Waals surface area contributed by atoms with Crippen molar-refractivity contribution in [3.63, 3.8) is 0 Å². The number of rotatable bonds is 5. The van der Waals surface area contributed by atoms with Crippen molar-refractivity contribution in [1.82, 2.24) is 0 Å². The van der Waals surface area contributed by atoms with Gasteiger partial charge in [0.25, 0.3) is 0 Å². The van der Waals surface area contributed by atoms with Gasteiger partial charge in [0.15, 0.2) is 17.6 Å². The predicted octanol–water partition coefficient (Wildman–Crippen LogP) is 5.27. The number of aryl methyl sites for hydroxylation is 1. The summed E-state index contributed by atoms with van der Waals surface area (Å²) in [5.41, 5.74) is -7.99. The second kappa shape index (κ2) is 9.17. The van der Waals surface area contributed by atoms with E-state index in [1.165, 1.54) is 6.07 Å². The highest BCUT2D eigenvalue weighted by molar-refractivity contribution is 5.95. The first-order valence-electron chi connectivity index (χ1n) is 16.4. The SMILES string of the molecule is CCc1cc(=O)c2ccc3c(c2o1)[C@@H](OC(=O)[C@]12CC[C@](C)(C(=O)O1)C2(C)C)[C@@H](OC(=O)[C@]12CC[C@](C)(C(=O)O1)C2(C)C)C(C)(C)O3. The monoisotopic (exact) mass is 650 g/mol. The normalized spacial score (nSPS) is 36.8. The van der Waals surface area contributed by atoms with Crippen LogP contribution >= 0.6 is 0 Å². The van der Waals surface area contributed by atoms with Gasteiger partial charge in [-0.2, -0.15) is 0 Å². The van der Waals surface area contributed by atoms with Gasteiger partial charge in [-0.25, -0.2) is 9.59 Å². The number of fused-ring (bicyclic) bond motifs is 7. The Morgan fingerprint density at radius 3 is 1.77 bits per heavy atom. The van der Waals surface area contributed by atoms with E-state index in [9.17, 15) is 24.0 Å². The molecule has 4 heterocycles. The number of hydrogen-bond acceptors (Lipinski definition) is 11. The van der Waals surface area contributed by atoms with Gasteiger partial charge in [0, 0.05) is 23.3 Å². The fourth-order valence-electron chi connectivity index (χ4n) is 8.81. The van der Waals surface area contributed by atoms with E-state index in [2.05, 4.69) is 0 Å². The number of esters is 4. The van der Waals surface area contributed by atoms with Gasteiger partial charge in [-0.1, -0.05) is 34.6 Å². The van der Waals surface area contributed by atoms with Crippen LogP contribution in [0, 0.1) is 21.7 Å². The van der Waals surface area contributed by atoms with E-state index in [4.69, 9.17) is 28.1 Å². The summed E-state index contributed by atoms with van der Waals surface area (Å²) in [7, 11) is 0. The molecule has 0 radical (unpaired) electrons. The van der Waals surface area contributed by atoms with Crippen LogP contribution < -0.4 is 10.2 Å². The molecular weight excluding hydrogens is 608 g/mol. The summed E-state index contributed by atoms with van der Waals surface area (Å²) in [4.78, 5) is 68.2. The van der Waals surface area contributed by atoms with Crippen LogP contribution in [0.1, 0.15) is 105 Å². The summed E-state index contributed by atoms with van der Waals surface area (Å²) in [5, 5.41) is 0.227. The first kappa shape index (κ1) is 31.7. The van der Waals surface area contributed by atoms with Crippen molar-refractivity contribution < 1.29 is 47.3 Å². The standard InChI is InChI=1S/C36H42O11/c1-10-18-17-20(37)19-11-12-21-22(23(19)42-18)24(43-28(40)35-15-13-33(8,26(38)46-35)31(35,4)5)25(30(2,3)45-21)44-29(41)36-16-14-34(9,27(39)47-36)32(36,6)7/h11-12,17,24-25H,10,13-16H2,1-9H3/t24-,25-,33-,34-,35+,36+/m1/s1. The van der Waals surface area contributed by atoms with E-state index in [-0.39, 0.29) is 40.6 Å². The third-order valence-corrected chi connectivity index (χ3v) is 13.2. The Bertz CT molecular complexity index is 1850. The first-order chi connectivity index (χ1) is 21.7. The van der Waals surface area contributed by atoms with Gasteiger partial charge in [-0.3, -0.25) is 14.4 Å². The van der Waals surface area contributed by atoms with Crippen molar-refractivity contribution in [1.29, 1.82) is 0 Å². The van der Waals surface area contributed by atoms with Gasteiger partial charge in [-0.15, -0.1) is 0 Å². The summed E-state index contributed by atoms with van der Waals surface area (Å²) in [6.07, 6.45) is -0.851. The van der Waals surface area contributed by atoms with Crippen molar-refractivity contribution in [3.8, 4) is 5.75 Å². The Morgan fingerprint density at radius 1 is 0.766 bits per heavy atom. The van der Waals surface area contributed by atoms with Gasteiger partial charge in [0.1, 0.15) is 22.7 Å². The van der Waals surface area contributed by atoms with E-state index in [0.29, 0.717) is 25.0 Å². The molecule has 0 N–H and O–H groups in total. The fraction of sp³-hybridized carbons (Fsp3) is 0.639. The van der Waals surface area contributed by atoms with Crippen LogP contribution in [-0.2, 0) is 44.5 Å². The summed E-state index contributed by atoms with van der Waals surface area (Å²) in [6.45, 7) is 16.1. The average Bonchev–Trinajstić information content (AvgIpc) is 3.46. The van der Waals surface area contributed by atoms with Gasteiger partial charge in [0.2, 0.25) is 11.2 Å². The molecule has 4 bridgehead atoms. The largest absolute Gasteiger partial charge is 0.483 e. The lowest BCUT2D eigenvalue weighted by molar-refractivity contribution is -0.217. The van der Waals surface area contributed by atoms with Crippen molar-refractivity contribution in [2.45, 2.75) is 123 Å². The second-order valence-corrected chi connectivity index (χ2v) is 16.0. The van der Waals surface area contributed by atoms with E-state index in [1.807, 2.05) is 34.6 Å². The first-order valence-corrected chi connectivity index (χ1v) is 16.4. The smallest absolute Gasteiger partial charge is 0.351 e. The molecule has 47 heavy (non-hydrogen) atoms. The van der Waals surface area contributed by atoms with Crippen LogP contribution in [0.2, 0.25) is 0 Å². The number of ether oxygens (including phenoxy) is 5. The van der Waals surface area contributed by atoms with Crippen molar-refractivity contribution in [3.05, 3.63) is 39.7 Å². The van der Waals surface area contributed by atoms with Gasteiger partial charge in [-0.05, 0) is 65.5 Å². The maximum Gasteiger partial charge on any atom is 0.351 e. The number of benzene rings is 1. The summed E-state index contributed by atoms with van der Waals surface area (Å²) >= 11 is 0. The molecule has 1 aromatic heterocycles. The fourth-order valence-corrected chi connectivity index (χ4v) is 8.81. The summed E-state index contributed by atoms with van der Waals surface area (Å²) < 4.78 is 37.1. The zero-order valence-corrected chi connectivity index (χ0v) is 28.4. The molecule has 3 aliphatic heterocycles. The Morgan fingerprint density at radius 2 is 1.30 bits per heavy atom. The minimum Gasteiger partial charge on any atom is -0.483 e. The van der Waals surface area contributed by atoms with Crippen LogP contribution in [0.3, 0.4) is 0 Å². The van der Waals surface area contributed by atoms with Crippen LogP contribution in [0.25, 0.3) is 11.0 Å². The van der Waals surface area contributed by atoms with E-state index in [1.54, 1.807) is 39.8 Å². The highest BCUT2D eigenvalue weighted by Gasteiger charge is 2.78. The highest BCUT2D eigenvalue weighted by atomic mass is 16.7. The Labute approximate surface area is 272 Å². The molecule has 11 heteroatoms. The minimum absolute atomic E-state index is 0.136. The number of carbonyl (C=O) groups is 4. The average molecular weight is 651 g/mol. The molecule has 0 amide bonds. The molecule has 6 atom stereocenters. The van der Waals surface area contributed by atoms with E-state index in [0.717, 1.165) is 0 Å². The molecule has 0 unspecified atom stereocenters. The molecule has 0 spiro atoms. The summed E-state index contributed by atoms with van der Waals surface area (Å²) in [6, 6.07) is 4.60. The lowest BCUT2D eigenvalue weighted by Crippen LogP contribution is -2.57. The lowest BCUT2D eigenvalue weighted by atomic mass is 9.66. The molecule has 1 aromatic carbocycles. The third-order valence-electron chi connectivity index (χ3n) is 13.2. The van der Waals surface area contributed by atoms with Crippen LogP contribution in [0.15, 0.2) is 27.4 Å². The van der Waals surface area contributed by atoms with Gasteiger partial charge >= 0.3 is 23.9 Å². The maximum atomic E-state index is 14.5. The van der Waals surface area contributed by atoms with Crippen LogP contribution in [0.5, 0.6) is 5.75 Å². The van der Waals surface area contributed by atoms with E-state index < -0.39 is 74.5 Å². The zero-order chi connectivity index (χ0) is 34.3. The second-order valence-electron chi connectivity index (χ2n) is 16.0. The van der Waals surface area contributed by atoms with Crippen LogP contribution in [0.4, 0.5) is 0 Å². The molecule has 252 valence electrons. The molecular formula is C36H42O11. The Balaban J connectivity index is 1.38. The van der Waals surface area contributed by atoms with E-state index >= 15 is 0 Å². The van der Waals surface area contributed by atoms with Crippen molar-refractivity contribution in [2.75, 3.05) is 0 Å². The van der Waals surface area contributed by atoms with Gasteiger partial charge in [0.05, 0.1) is 21.8 Å². The van der Waals surface area contributed by atoms with Crippen LogP contribution in [-0.4, -0.2) is 46.8 Å². The highest BCUT2D eigenvalue weighted by Crippen LogP contribution is 2.67. The number of hydrogen-bond donors (Lipinski definition) is 0. The topological polar surface area (TPSA) is 145 Å². The number of carbonyl (C=O) groups excluding carboxylic acids is 4. The van der Waals surface area contributed by atoms with Crippen molar-refractivity contribution in [2.24, 2.45) is 21.7 Å². The molecule has 2 saturated carbocycles. The van der Waals surface area contributed by atoms with Gasteiger partial charge < -0.3 is 28.1 Å². The quantitative estimate of drug-likeness (QED) is 0.308. The third kappa shape index (κ3) is 3.55. The molecule has 4 fully saturated rings. The summed E-state index contributed by atoms with van der Waals surface area (Å²) in [5.74, 6) is -1.83. The van der Waals surface area contributed by atoms with Crippen molar-refractivity contribution >= 4 is 34.8 Å². The maximum absolute atomic E-state index is 14.5. The molecule has 7 rings (SSSR count). The molecule has 2 saturated heterocycles. The molecule has 5 aliphatic rings. The zero-order valence-electron chi connectivity index (χ0n) is 28.4. The Hall–Kier alpha value is -3.89. The predicted molar refractivity (Wildman–Crippen MR) is 165 cm³/mol. The Kier molecular flexibility index (Phi) is 6.18. The lowest BCUT2D eigenvalue weighted by Gasteiger charge is -2.45. The molecule has 2 aromatic rings. The molecule has 2 aliphatic carbocycles. The minimum atomic E-state index is -1.59. The molecule has 11 nitrogen and oxygen atoms in total.